The van der Waals surface area contributed by atoms with Gasteiger partial charge in [0.1, 0.15) is 0 Å². The Bertz CT molecular complexity index is 1690. The van der Waals surface area contributed by atoms with Crippen LogP contribution in [0.4, 0.5) is 11.4 Å². The Morgan fingerprint density at radius 2 is 1.51 bits per heavy atom. The lowest BCUT2D eigenvalue weighted by atomic mass is 9.81. The first kappa shape index (κ1) is 34.4. The average Bonchev–Trinajstić information content (AvgIpc) is 3.38. The van der Waals surface area contributed by atoms with Crippen LogP contribution in [0.1, 0.15) is 84.8 Å². The Hall–Kier alpha value is -3.90. The third kappa shape index (κ3) is 7.33. The number of anilines is 1. The minimum Gasteiger partial charge on any atom is -0.356 e. The predicted octanol–water partition coefficient (Wildman–Crippen LogP) is 7.96. The lowest BCUT2D eigenvalue weighted by molar-refractivity contribution is -0.437. The van der Waals surface area contributed by atoms with E-state index in [2.05, 4.69) is 121 Å². The van der Waals surface area contributed by atoms with Gasteiger partial charge in [-0.15, -0.1) is 0 Å². The molecule has 248 valence electrons. The van der Waals surface area contributed by atoms with Gasteiger partial charge in [0.2, 0.25) is 17.5 Å². The number of nitrogens with one attached hydrogen (secondary N) is 2. The van der Waals surface area contributed by atoms with Gasteiger partial charge < -0.3 is 15.5 Å². The highest BCUT2D eigenvalue weighted by Gasteiger charge is 2.44. The number of halogens is 1. The van der Waals surface area contributed by atoms with Crippen LogP contribution >= 0.6 is 11.6 Å². The number of allylic oxidation sites excluding steroid dienone is 8. The maximum atomic E-state index is 11.5. The highest BCUT2D eigenvalue weighted by molar-refractivity contribution is 6.32. The largest absolute Gasteiger partial charge is 0.356 e. The molecule has 7 heteroatoms. The van der Waals surface area contributed by atoms with Crippen LogP contribution in [0.5, 0.6) is 0 Å². The van der Waals surface area contributed by atoms with Gasteiger partial charge in [-0.25, -0.2) is 0 Å². The van der Waals surface area contributed by atoms with Crippen molar-refractivity contribution in [2.75, 3.05) is 31.1 Å². The second-order valence-corrected chi connectivity index (χ2v) is 14.3. The molecule has 2 N–H and O–H groups in total. The van der Waals surface area contributed by atoms with Gasteiger partial charge in [-0.3, -0.25) is 9.59 Å². The molecule has 1 aliphatic carbocycles. The first-order chi connectivity index (χ1) is 22.4. The number of hydrogen-bond donors (Lipinski definition) is 2. The van der Waals surface area contributed by atoms with E-state index in [0.29, 0.717) is 13.1 Å². The molecule has 5 rings (SSSR count). The second kappa shape index (κ2) is 14.5. The molecule has 3 aliphatic rings. The van der Waals surface area contributed by atoms with Crippen molar-refractivity contribution in [2.45, 2.75) is 84.5 Å². The molecule has 0 unspecified atom stereocenters. The zero-order valence-corrected chi connectivity index (χ0v) is 29.6. The second-order valence-electron chi connectivity index (χ2n) is 13.9. The smallest absolute Gasteiger partial charge is 0.216 e. The lowest BCUT2D eigenvalue weighted by Crippen LogP contribution is -2.30. The molecule has 2 aromatic carbocycles. The summed E-state index contributed by atoms with van der Waals surface area (Å²) in [6, 6.07) is 17.3. The quantitative estimate of drug-likeness (QED) is 0.191. The number of fused-ring (bicyclic) bond motifs is 2. The fourth-order valence-corrected chi connectivity index (χ4v) is 7.65. The SMILES string of the molecule is CC(=O)NCCCN1C(=CC=C2CCCC(C=CC3=[N+](CCCNC(C)=O)c4ccccc4C3(C)C)=C2Cl)C(C)(C)c2ccccc21. The Morgan fingerprint density at radius 1 is 0.851 bits per heavy atom. The topological polar surface area (TPSA) is 64.5 Å². The normalized spacial score (nSPS) is 19.9. The summed E-state index contributed by atoms with van der Waals surface area (Å²) in [5.74, 6) is 0.00988. The van der Waals surface area contributed by atoms with Crippen LogP contribution in [0.15, 0.2) is 94.7 Å². The van der Waals surface area contributed by atoms with E-state index in [-0.39, 0.29) is 22.6 Å². The van der Waals surface area contributed by atoms with Crippen molar-refractivity contribution in [1.29, 1.82) is 0 Å². The van der Waals surface area contributed by atoms with Gasteiger partial charge in [0, 0.05) is 79.4 Å². The maximum absolute atomic E-state index is 11.5. The van der Waals surface area contributed by atoms with Crippen molar-refractivity contribution in [3.63, 3.8) is 0 Å². The van der Waals surface area contributed by atoms with Gasteiger partial charge in [-0.1, -0.05) is 74.0 Å². The Labute approximate surface area is 286 Å². The zero-order valence-electron chi connectivity index (χ0n) is 28.9. The van der Waals surface area contributed by atoms with Crippen LogP contribution in [-0.2, 0) is 20.4 Å². The van der Waals surface area contributed by atoms with Crippen LogP contribution in [0.3, 0.4) is 0 Å². The van der Waals surface area contributed by atoms with Crippen molar-refractivity contribution in [3.8, 4) is 0 Å². The molecular formula is C40H50ClN4O2+. The molecule has 2 amide bonds. The summed E-state index contributed by atoms with van der Waals surface area (Å²) in [6.45, 7) is 15.2. The van der Waals surface area contributed by atoms with Crippen molar-refractivity contribution in [1.82, 2.24) is 10.6 Å². The van der Waals surface area contributed by atoms with Crippen LogP contribution in [0.2, 0.25) is 0 Å². The molecule has 2 heterocycles. The van der Waals surface area contributed by atoms with Gasteiger partial charge in [0.05, 0.1) is 5.41 Å². The zero-order chi connectivity index (χ0) is 33.8. The summed E-state index contributed by atoms with van der Waals surface area (Å²) in [6.07, 6.45) is 13.7. The number of nitrogens with zero attached hydrogens (tertiary/aromatic N) is 2. The molecule has 2 aliphatic heterocycles. The number of para-hydroxylation sites is 2. The highest BCUT2D eigenvalue weighted by Crippen LogP contribution is 2.48. The van der Waals surface area contributed by atoms with Gasteiger partial charge in [-0.2, -0.15) is 4.58 Å². The van der Waals surface area contributed by atoms with E-state index in [9.17, 15) is 9.59 Å². The molecule has 0 saturated heterocycles. The minimum atomic E-state index is -0.154. The summed E-state index contributed by atoms with van der Waals surface area (Å²) in [5, 5.41) is 6.72. The van der Waals surface area contributed by atoms with E-state index in [1.807, 2.05) is 0 Å². The van der Waals surface area contributed by atoms with Crippen LogP contribution in [-0.4, -0.2) is 48.3 Å². The van der Waals surface area contributed by atoms with E-state index in [1.54, 1.807) is 13.8 Å². The molecule has 0 bridgehead atoms. The maximum Gasteiger partial charge on any atom is 0.216 e. The summed E-state index contributed by atoms with van der Waals surface area (Å²) in [7, 11) is 0. The van der Waals surface area contributed by atoms with Crippen LogP contribution < -0.4 is 15.5 Å². The molecule has 0 saturated carbocycles. The third-order valence-corrected chi connectivity index (χ3v) is 10.3. The number of rotatable bonds is 11. The number of amides is 2. The third-order valence-electron chi connectivity index (χ3n) is 9.80. The van der Waals surface area contributed by atoms with Crippen molar-refractivity contribution >= 4 is 40.5 Å². The van der Waals surface area contributed by atoms with Crippen molar-refractivity contribution in [3.05, 3.63) is 106 Å². The van der Waals surface area contributed by atoms with E-state index in [4.69, 9.17) is 11.6 Å². The molecule has 0 fully saturated rings. The van der Waals surface area contributed by atoms with Gasteiger partial charge in [0.25, 0.3) is 0 Å². The highest BCUT2D eigenvalue weighted by atomic mass is 35.5. The fraction of sp³-hybridized carbons (Fsp3) is 0.425. The van der Waals surface area contributed by atoms with Gasteiger partial charge >= 0.3 is 0 Å². The number of carbonyl (C=O) groups excluding carboxylic acids is 2. The number of carbonyl (C=O) groups is 2. The monoisotopic (exact) mass is 653 g/mol. The summed E-state index contributed by atoms with van der Waals surface area (Å²) >= 11 is 7.19. The first-order valence-corrected chi connectivity index (χ1v) is 17.4. The molecule has 0 aromatic heterocycles. The van der Waals surface area contributed by atoms with Crippen molar-refractivity contribution in [2.24, 2.45) is 0 Å². The average molecular weight is 654 g/mol. The molecule has 0 atom stereocenters. The van der Waals surface area contributed by atoms with Gasteiger partial charge in [0.15, 0.2) is 12.3 Å². The van der Waals surface area contributed by atoms with E-state index in [0.717, 1.165) is 50.2 Å². The molecule has 0 radical (unpaired) electrons. The number of benzene rings is 2. The fourth-order valence-electron chi connectivity index (χ4n) is 7.33. The predicted molar refractivity (Wildman–Crippen MR) is 195 cm³/mol. The summed E-state index contributed by atoms with van der Waals surface area (Å²) < 4.78 is 2.41. The van der Waals surface area contributed by atoms with Crippen LogP contribution in [0, 0.1) is 0 Å². The molecule has 2 aromatic rings. The Morgan fingerprint density at radius 3 is 2.23 bits per heavy atom. The first-order valence-electron chi connectivity index (χ1n) is 17.0. The van der Waals surface area contributed by atoms with Crippen molar-refractivity contribution < 1.29 is 14.2 Å². The summed E-state index contributed by atoms with van der Waals surface area (Å²) in [5.41, 5.74) is 9.62. The molecule has 47 heavy (non-hydrogen) atoms. The van der Waals surface area contributed by atoms with Gasteiger partial charge in [-0.05, 0) is 68.4 Å². The van der Waals surface area contributed by atoms with E-state index < -0.39 is 0 Å². The minimum absolute atomic E-state index is 0.00494. The number of hydrogen-bond acceptors (Lipinski definition) is 3. The molecule has 0 spiro atoms. The van der Waals surface area contributed by atoms with E-state index >= 15 is 0 Å². The molecule has 6 nitrogen and oxygen atoms in total. The Kier molecular flexibility index (Phi) is 10.6. The van der Waals surface area contributed by atoms with E-state index in [1.165, 1.54) is 45.1 Å². The lowest BCUT2D eigenvalue weighted by Gasteiger charge is -2.27. The Balaban J connectivity index is 1.44. The summed E-state index contributed by atoms with van der Waals surface area (Å²) in [4.78, 5) is 25.3. The molecular weight excluding hydrogens is 604 g/mol. The standard InChI is InChI=1S/C40H49ClN4O2/c1-28(46)42-24-12-26-44-34-18-9-7-16-32(34)39(3,4)36(44)22-20-30-14-11-15-31(38(30)41)21-23-37-40(5,6)33-17-8-10-19-35(33)45(37)27-13-25-43-29(2)47/h7-10,16-23H,11-15,24-27H2,1-6H3,(H-,42,43,46,47)/p+1. The van der Waals surface area contributed by atoms with Crippen LogP contribution in [0.25, 0.3) is 0 Å².